The summed E-state index contributed by atoms with van der Waals surface area (Å²) in [6, 6.07) is 3.45. The SMILES string of the molecule is Cc1nn(C)cc1CN1CCCC(C(=O)Nc2ccc(Cl)cn2)C1. The van der Waals surface area contributed by atoms with Gasteiger partial charge in [-0.2, -0.15) is 5.10 Å². The van der Waals surface area contributed by atoms with Crippen molar-refractivity contribution in [1.82, 2.24) is 19.7 Å². The molecular weight excluding hydrogens is 326 g/mol. The van der Waals surface area contributed by atoms with Gasteiger partial charge in [-0.25, -0.2) is 4.98 Å². The number of pyridine rings is 1. The van der Waals surface area contributed by atoms with Gasteiger partial charge in [-0.3, -0.25) is 14.4 Å². The molecule has 1 unspecified atom stereocenters. The topological polar surface area (TPSA) is 63.1 Å². The number of hydrogen-bond donors (Lipinski definition) is 1. The molecule has 0 aromatic carbocycles. The third-order valence-electron chi connectivity index (χ3n) is 4.36. The van der Waals surface area contributed by atoms with Crippen LogP contribution in [-0.2, 0) is 18.4 Å². The van der Waals surface area contributed by atoms with Gasteiger partial charge in [0.25, 0.3) is 0 Å². The van der Waals surface area contributed by atoms with Crippen LogP contribution in [-0.4, -0.2) is 38.7 Å². The predicted molar refractivity (Wildman–Crippen MR) is 93.8 cm³/mol. The van der Waals surface area contributed by atoms with E-state index in [1.165, 1.54) is 11.8 Å². The lowest BCUT2D eigenvalue weighted by atomic mass is 9.96. The van der Waals surface area contributed by atoms with Gasteiger partial charge in [0.2, 0.25) is 5.91 Å². The lowest BCUT2D eigenvalue weighted by Crippen LogP contribution is -2.40. The number of amides is 1. The second kappa shape index (κ2) is 7.32. The smallest absolute Gasteiger partial charge is 0.229 e. The number of aromatic nitrogens is 3. The van der Waals surface area contributed by atoms with Gasteiger partial charge >= 0.3 is 0 Å². The van der Waals surface area contributed by atoms with Crippen molar-refractivity contribution in [2.45, 2.75) is 26.3 Å². The fourth-order valence-corrected chi connectivity index (χ4v) is 3.25. The Hall–Kier alpha value is -1.92. The Bertz CT molecular complexity index is 712. The highest BCUT2D eigenvalue weighted by molar-refractivity contribution is 6.30. The fourth-order valence-electron chi connectivity index (χ4n) is 3.14. The van der Waals surface area contributed by atoms with E-state index in [1.54, 1.807) is 12.1 Å². The standard InChI is InChI=1S/C17H22ClN5O/c1-12-14(9-22(2)21-12)11-23-7-3-4-13(10-23)17(24)20-16-6-5-15(18)8-19-16/h5-6,8-9,13H,3-4,7,10-11H2,1-2H3,(H,19,20,24). The van der Waals surface area contributed by atoms with Crippen LogP contribution in [0.3, 0.4) is 0 Å². The first-order valence-corrected chi connectivity index (χ1v) is 8.53. The molecule has 1 atom stereocenters. The van der Waals surface area contributed by atoms with Crippen LogP contribution in [0.25, 0.3) is 0 Å². The molecule has 128 valence electrons. The number of nitrogens with zero attached hydrogens (tertiary/aromatic N) is 4. The summed E-state index contributed by atoms with van der Waals surface area (Å²) in [5.74, 6) is 0.551. The van der Waals surface area contributed by atoms with E-state index in [0.717, 1.165) is 38.2 Å². The van der Waals surface area contributed by atoms with Crippen molar-refractivity contribution < 1.29 is 4.79 Å². The third-order valence-corrected chi connectivity index (χ3v) is 4.59. The van der Waals surface area contributed by atoms with E-state index in [1.807, 2.05) is 18.7 Å². The molecule has 1 N–H and O–H groups in total. The molecule has 2 aromatic rings. The number of rotatable bonds is 4. The molecule has 1 aliphatic heterocycles. The summed E-state index contributed by atoms with van der Waals surface area (Å²) in [6.07, 6.45) is 5.51. The quantitative estimate of drug-likeness (QED) is 0.923. The third kappa shape index (κ3) is 4.13. The molecule has 1 amide bonds. The zero-order chi connectivity index (χ0) is 17.1. The molecule has 1 fully saturated rings. The highest BCUT2D eigenvalue weighted by Crippen LogP contribution is 2.21. The second-order valence-corrected chi connectivity index (χ2v) is 6.78. The van der Waals surface area contributed by atoms with Crippen molar-refractivity contribution in [2.24, 2.45) is 13.0 Å². The average Bonchev–Trinajstić information content (AvgIpc) is 2.87. The number of carbonyl (C=O) groups excluding carboxylic acids is 1. The zero-order valence-corrected chi connectivity index (χ0v) is 14.8. The van der Waals surface area contributed by atoms with Gasteiger partial charge < -0.3 is 5.32 Å². The number of halogens is 1. The number of anilines is 1. The number of piperidine rings is 1. The van der Waals surface area contributed by atoms with E-state index in [-0.39, 0.29) is 11.8 Å². The largest absolute Gasteiger partial charge is 0.310 e. The molecule has 1 saturated heterocycles. The molecule has 0 aliphatic carbocycles. The van der Waals surface area contributed by atoms with E-state index in [4.69, 9.17) is 11.6 Å². The fraction of sp³-hybridized carbons (Fsp3) is 0.471. The van der Waals surface area contributed by atoms with Crippen molar-refractivity contribution in [3.63, 3.8) is 0 Å². The first-order valence-electron chi connectivity index (χ1n) is 8.15. The molecule has 3 rings (SSSR count). The maximum absolute atomic E-state index is 12.5. The maximum Gasteiger partial charge on any atom is 0.229 e. The number of aryl methyl sites for hydroxylation is 2. The summed E-state index contributed by atoms with van der Waals surface area (Å²) in [4.78, 5) is 18.9. The van der Waals surface area contributed by atoms with Crippen LogP contribution >= 0.6 is 11.6 Å². The minimum atomic E-state index is -0.0202. The van der Waals surface area contributed by atoms with Crippen LogP contribution in [0.5, 0.6) is 0 Å². The Morgan fingerprint density at radius 2 is 2.29 bits per heavy atom. The number of hydrogen-bond acceptors (Lipinski definition) is 4. The predicted octanol–water partition coefficient (Wildman–Crippen LogP) is 2.63. The van der Waals surface area contributed by atoms with Crippen LogP contribution < -0.4 is 5.32 Å². The van der Waals surface area contributed by atoms with Crippen LogP contribution in [0.4, 0.5) is 5.82 Å². The van der Waals surface area contributed by atoms with Crippen LogP contribution in [0.2, 0.25) is 5.02 Å². The van der Waals surface area contributed by atoms with Crippen molar-refractivity contribution in [3.05, 3.63) is 40.8 Å². The monoisotopic (exact) mass is 347 g/mol. The average molecular weight is 348 g/mol. The normalized spacial score (nSPS) is 18.5. The van der Waals surface area contributed by atoms with Gasteiger partial charge in [-0.05, 0) is 38.4 Å². The molecule has 0 saturated carbocycles. The first-order chi connectivity index (χ1) is 11.5. The minimum absolute atomic E-state index is 0.0202. The minimum Gasteiger partial charge on any atom is -0.310 e. The van der Waals surface area contributed by atoms with Crippen molar-refractivity contribution in [2.75, 3.05) is 18.4 Å². The van der Waals surface area contributed by atoms with Crippen molar-refractivity contribution in [1.29, 1.82) is 0 Å². The number of nitrogens with one attached hydrogen (secondary N) is 1. The number of carbonyl (C=O) groups is 1. The van der Waals surface area contributed by atoms with Crippen molar-refractivity contribution in [3.8, 4) is 0 Å². The van der Waals surface area contributed by atoms with E-state index in [2.05, 4.69) is 26.5 Å². The molecule has 24 heavy (non-hydrogen) atoms. The van der Waals surface area contributed by atoms with Gasteiger partial charge in [0.15, 0.2) is 0 Å². The Labute approximate surface area is 146 Å². The summed E-state index contributed by atoms with van der Waals surface area (Å²) in [7, 11) is 1.93. The van der Waals surface area contributed by atoms with Gasteiger partial charge in [-0.1, -0.05) is 11.6 Å². The van der Waals surface area contributed by atoms with E-state index in [0.29, 0.717) is 10.8 Å². The summed E-state index contributed by atoms with van der Waals surface area (Å²) in [6.45, 7) is 4.63. The second-order valence-electron chi connectivity index (χ2n) is 6.34. The lowest BCUT2D eigenvalue weighted by Gasteiger charge is -2.31. The molecule has 0 radical (unpaired) electrons. The summed E-state index contributed by atoms with van der Waals surface area (Å²) in [5.41, 5.74) is 2.27. The van der Waals surface area contributed by atoms with E-state index in [9.17, 15) is 4.79 Å². The molecule has 1 aliphatic rings. The van der Waals surface area contributed by atoms with Gasteiger partial charge in [0, 0.05) is 38.1 Å². The van der Waals surface area contributed by atoms with Crippen LogP contribution in [0.15, 0.2) is 24.5 Å². The maximum atomic E-state index is 12.5. The molecule has 0 spiro atoms. The van der Waals surface area contributed by atoms with Gasteiger partial charge in [0.1, 0.15) is 5.82 Å². The molecule has 6 nitrogen and oxygen atoms in total. The van der Waals surface area contributed by atoms with Crippen molar-refractivity contribution >= 4 is 23.3 Å². The summed E-state index contributed by atoms with van der Waals surface area (Å²) < 4.78 is 1.84. The number of likely N-dealkylation sites (tertiary alicyclic amines) is 1. The Balaban J connectivity index is 1.59. The molecule has 7 heteroatoms. The molecule has 0 bridgehead atoms. The van der Waals surface area contributed by atoms with Crippen LogP contribution in [0.1, 0.15) is 24.1 Å². The first kappa shape index (κ1) is 16.9. The zero-order valence-electron chi connectivity index (χ0n) is 14.0. The lowest BCUT2D eigenvalue weighted by molar-refractivity contribution is -0.121. The highest BCUT2D eigenvalue weighted by Gasteiger charge is 2.26. The summed E-state index contributed by atoms with van der Waals surface area (Å²) in [5, 5.41) is 7.83. The highest BCUT2D eigenvalue weighted by atomic mass is 35.5. The molecule has 3 heterocycles. The molecular formula is C17H22ClN5O. The van der Waals surface area contributed by atoms with Gasteiger partial charge in [-0.15, -0.1) is 0 Å². The van der Waals surface area contributed by atoms with Gasteiger partial charge in [0.05, 0.1) is 16.6 Å². The Kier molecular flexibility index (Phi) is 5.16. The Morgan fingerprint density at radius 1 is 1.46 bits per heavy atom. The molecule has 2 aromatic heterocycles. The summed E-state index contributed by atoms with van der Waals surface area (Å²) >= 11 is 5.82. The van der Waals surface area contributed by atoms with E-state index >= 15 is 0 Å². The Morgan fingerprint density at radius 3 is 2.96 bits per heavy atom. The van der Waals surface area contributed by atoms with E-state index < -0.39 is 0 Å². The van der Waals surface area contributed by atoms with Crippen LogP contribution in [0, 0.1) is 12.8 Å².